The minimum Gasteiger partial charge on any atom is -0.481 e. The zero-order valence-corrected chi connectivity index (χ0v) is 9.76. The molecule has 3 heteroatoms. The fraction of sp³-hybridized carbons (Fsp3) is 0.385. The molecular weight excluding hydrogens is 222 g/mol. The minimum atomic E-state index is -0.136. The number of para-hydroxylation sites is 1. The van der Waals surface area contributed by atoms with Crippen molar-refractivity contribution in [3.05, 3.63) is 34.9 Å². The van der Waals surface area contributed by atoms with Gasteiger partial charge in [0.25, 0.3) is 0 Å². The maximum Gasteiger partial charge on any atom is 0.146 e. The van der Waals surface area contributed by atoms with E-state index in [2.05, 4.69) is 17.5 Å². The van der Waals surface area contributed by atoms with Crippen LogP contribution < -0.4 is 10.1 Å². The Hall–Kier alpha value is -0.990. The molecule has 2 aliphatic heterocycles. The number of fused-ring (bicyclic) bond motifs is 1. The predicted octanol–water partition coefficient (Wildman–Crippen LogP) is 2.87. The van der Waals surface area contributed by atoms with E-state index >= 15 is 0 Å². The van der Waals surface area contributed by atoms with Crippen LogP contribution in [-0.4, -0.2) is 18.7 Å². The summed E-state index contributed by atoms with van der Waals surface area (Å²) in [5.74, 6) is 0.841. The predicted molar refractivity (Wildman–Crippen MR) is 65.9 cm³/mol. The summed E-state index contributed by atoms with van der Waals surface area (Å²) >= 11 is 6.17. The lowest BCUT2D eigenvalue weighted by Gasteiger charge is -2.38. The average Bonchev–Trinajstić information content (AvgIpc) is 2.32. The van der Waals surface area contributed by atoms with Crippen LogP contribution in [0.25, 0.3) is 6.08 Å². The van der Waals surface area contributed by atoms with Gasteiger partial charge in [-0.1, -0.05) is 29.8 Å². The summed E-state index contributed by atoms with van der Waals surface area (Å²) in [6, 6.07) is 5.87. The van der Waals surface area contributed by atoms with Gasteiger partial charge in [0.15, 0.2) is 0 Å². The van der Waals surface area contributed by atoms with Crippen molar-refractivity contribution in [2.24, 2.45) is 0 Å². The Morgan fingerprint density at radius 3 is 2.88 bits per heavy atom. The van der Waals surface area contributed by atoms with E-state index in [4.69, 9.17) is 16.3 Å². The Morgan fingerprint density at radius 2 is 2.06 bits per heavy atom. The normalized spacial score (nSPS) is 21.6. The van der Waals surface area contributed by atoms with Gasteiger partial charge in [0.1, 0.15) is 11.4 Å². The second-order valence-corrected chi connectivity index (χ2v) is 4.82. The summed E-state index contributed by atoms with van der Waals surface area (Å²) in [5.41, 5.74) is 0.945. The molecule has 0 aromatic heterocycles. The van der Waals surface area contributed by atoms with Gasteiger partial charge in [-0.3, -0.25) is 0 Å². The van der Waals surface area contributed by atoms with Gasteiger partial charge in [0.05, 0.1) is 5.02 Å². The van der Waals surface area contributed by atoms with Crippen molar-refractivity contribution in [1.29, 1.82) is 0 Å². The van der Waals surface area contributed by atoms with Gasteiger partial charge >= 0.3 is 0 Å². The first-order chi connectivity index (χ1) is 7.79. The molecule has 1 fully saturated rings. The van der Waals surface area contributed by atoms with Crippen molar-refractivity contribution in [3.8, 4) is 5.75 Å². The Kier molecular flexibility index (Phi) is 2.41. The Balaban J connectivity index is 1.98. The molecule has 84 valence electrons. The monoisotopic (exact) mass is 235 g/mol. The number of piperidine rings is 1. The van der Waals surface area contributed by atoms with Crippen LogP contribution >= 0.6 is 11.6 Å². The molecule has 16 heavy (non-hydrogen) atoms. The summed E-state index contributed by atoms with van der Waals surface area (Å²) in [5, 5.41) is 4.06. The van der Waals surface area contributed by atoms with Crippen LogP contribution in [0.3, 0.4) is 0 Å². The summed E-state index contributed by atoms with van der Waals surface area (Å²) in [7, 11) is 0. The first-order valence-corrected chi connectivity index (χ1v) is 6.04. The third-order valence-corrected chi connectivity index (χ3v) is 3.62. The summed E-state index contributed by atoms with van der Waals surface area (Å²) in [6.07, 6.45) is 6.34. The van der Waals surface area contributed by atoms with E-state index in [1.807, 2.05) is 18.2 Å². The van der Waals surface area contributed by atoms with E-state index in [-0.39, 0.29) is 5.60 Å². The number of hydrogen-bond acceptors (Lipinski definition) is 2. The van der Waals surface area contributed by atoms with Crippen molar-refractivity contribution in [2.75, 3.05) is 13.1 Å². The molecule has 1 aromatic carbocycles. The van der Waals surface area contributed by atoms with Gasteiger partial charge in [0, 0.05) is 18.4 Å². The van der Waals surface area contributed by atoms with Crippen molar-refractivity contribution in [1.82, 2.24) is 5.32 Å². The van der Waals surface area contributed by atoms with E-state index in [1.165, 1.54) is 0 Å². The highest BCUT2D eigenvalue weighted by atomic mass is 35.5. The van der Waals surface area contributed by atoms with Crippen molar-refractivity contribution >= 4 is 17.7 Å². The van der Waals surface area contributed by atoms with Crippen molar-refractivity contribution in [2.45, 2.75) is 18.4 Å². The molecule has 0 aliphatic carbocycles. The fourth-order valence-corrected chi connectivity index (χ4v) is 2.58. The third kappa shape index (κ3) is 1.62. The van der Waals surface area contributed by atoms with E-state index < -0.39 is 0 Å². The molecule has 0 atom stereocenters. The molecule has 2 nitrogen and oxygen atoms in total. The molecule has 0 unspecified atom stereocenters. The smallest absolute Gasteiger partial charge is 0.146 e. The van der Waals surface area contributed by atoms with E-state index in [9.17, 15) is 0 Å². The molecule has 1 spiro atoms. The maximum atomic E-state index is 6.17. The molecule has 0 amide bonds. The second kappa shape index (κ2) is 3.79. The molecule has 1 N–H and O–H groups in total. The number of hydrogen-bond donors (Lipinski definition) is 1. The van der Waals surface area contributed by atoms with Crippen LogP contribution in [0.15, 0.2) is 24.3 Å². The van der Waals surface area contributed by atoms with Crippen LogP contribution in [0.4, 0.5) is 0 Å². The molecule has 2 heterocycles. The van der Waals surface area contributed by atoms with Gasteiger partial charge in [-0.2, -0.15) is 0 Å². The van der Waals surface area contributed by atoms with Crippen LogP contribution in [0.5, 0.6) is 5.75 Å². The van der Waals surface area contributed by atoms with Gasteiger partial charge in [-0.05, 0) is 25.2 Å². The molecule has 0 saturated carbocycles. The van der Waals surface area contributed by atoms with Crippen LogP contribution in [0, 0.1) is 0 Å². The molecule has 3 rings (SSSR count). The lowest BCUT2D eigenvalue weighted by atomic mass is 9.89. The first kappa shape index (κ1) is 10.2. The minimum absolute atomic E-state index is 0.136. The summed E-state index contributed by atoms with van der Waals surface area (Å²) in [4.78, 5) is 0. The lowest BCUT2D eigenvalue weighted by Crippen LogP contribution is -2.45. The number of benzene rings is 1. The number of ether oxygens (including phenoxy) is 1. The van der Waals surface area contributed by atoms with Crippen molar-refractivity contribution in [3.63, 3.8) is 0 Å². The summed E-state index contributed by atoms with van der Waals surface area (Å²) < 4.78 is 6.13. The van der Waals surface area contributed by atoms with Crippen LogP contribution in [0.2, 0.25) is 5.02 Å². The molecule has 1 saturated heterocycles. The van der Waals surface area contributed by atoms with Crippen LogP contribution in [-0.2, 0) is 0 Å². The zero-order chi connectivity index (χ0) is 11.0. The largest absolute Gasteiger partial charge is 0.481 e. The highest BCUT2D eigenvalue weighted by Gasteiger charge is 2.34. The lowest BCUT2D eigenvalue weighted by molar-refractivity contribution is 0.0824. The van der Waals surface area contributed by atoms with Gasteiger partial charge in [-0.25, -0.2) is 0 Å². The van der Waals surface area contributed by atoms with E-state index in [0.717, 1.165) is 37.2 Å². The topological polar surface area (TPSA) is 21.3 Å². The van der Waals surface area contributed by atoms with Gasteiger partial charge < -0.3 is 10.1 Å². The first-order valence-electron chi connectivity index (χ1n) is 5.67. The Morgan fingerprint density at radius 1 is 1.25 bits per heavy atom. The quantitative estimate of drug-likeness (QED) is 0.747. The number of nitrogens with one attached hydrogen (secondary N) is 1. The average molecular weight is 236 g/mol. The Bertz CT molecular complexity index is 436. The second-order valence-electron chi connectivity index (χ2n) is 4.41. The van der Waals surface area contributed by atoms with E-state index in [0.29, 0.717) is 5.02 Å². The third-order valence-electron chi connectivity index (χ3n) is 3.32. The number of halogens is 1. The molecule has 0 bridgehead atoms. The maximum absolute atomic E-state index is 6.17. The molecule has 2 aliphatic rings. The SMILES string of the molecule is Clc1cccc2c1OC1(C=C2)CCNCC1. The Labute approximate surface area is 100 Å². The zero-order valence-electron chi connectivity index (χ0n) is 9.00. The molecule has 1 aromatic rings. The van der Waals surface area contributed by atoms with E-state index in [1.54, 1.807) is 0 Å². The van der Waals surface area contributed by atoms with Crippen molar-refractivity contribution < 1.29 is 4.74 Å². The summed E-state index contributed by atoms with van der Waals surface area (Å²) in [6.45, 7) is 2.01. The molecular formula is C13H14ClNO. The van der Waals surface area contributed by atoms with Gasteiger partial charge in [0.2, 0.25) is 0 Å². The van der Waals surface area contributed by atoms with Crippen LogP contribution in [0.1, 0.15) is 18.4 Å². The fourth-order valence-electron chi connectivity index (χ4n) is 2.36. The highest BCUT2D eigenvalue weighted by Crippen LogP contribution is 2.39. The van der Waals surface area contributed by atoms with Gasteiger partial charge in [-0.15, -0.1) is 0 Å². The standard InChI is InChI=1S/C13H14ClNO/c14-11-3-1-2-10-4-5-13(16-12(10)11)6-8-15-9-7-13/h1-5,15H,6-9H2. The molecule has 0 radical (unpaired) electrons. The highest BCUT2D eigenvalue weighted by molar-refractivity contribution is 6.32. The number of rotatable bonds is 0.